The van der Waals surface area contributed by atoms with E-state index in [2.05, 4.69) is 19.6 Å². The molecule has 4 N–H and O–H groups in total. The van der Waals surface area contributed by atoms with E-state index in [1.807, 2.05) is 13.8 Å². The van der Waals surface area contributed by atoms with Crippen LogP contribution >= 0.6 is 11.9 Å². The van der Waals surface area contributed by atoms with Gasteiger partial charge in [-0.15, -0.1) is 0 Å². The molecular weight excluding hydrogens is 378 g/mol. The molecule has 0 bridgehead atoms. The third kappa shape index (κ3) is 2.93. The van der Waals surface area contributed by atoms with Crippen molar-refractivity contribution in [2.75, 3.05) is 7.11 Å². The SMILES string of the molecule is COc1c(C)cnc(CN2N=C3CCC4=C3C(=N2)C(N)=NSC4C(N)=O)c1C. The first kappa shape index (κ1) is 18.5. The number of aryl methyl sites for hydroxylation is 1. The van der Waals surface area contributed by atoms with Crippen LogP contribution in [0.2, 0.25) is 0 Å². The van der Waals surface area contributed by atoms with Crippen LogP contribution in [0.5, 0.6) is 5.75 Å². The summed E-state index contributed by atoms with van der Waals surface area (Å²) in [6.07, 6.45) is 3.18. The zero-order valence-corrected chi connectivity index (χ0v) is 16.7. The van der Waals surface area contributed by atoms with E-state index < -0.39 is 11.2 Å². The molecule has 0 saturated heterocycles. The molecule has 1 unspecified atom stereocenters. The lowest BCUT2D eigenvalue weighted by atomic mass is 10.0. The standard InChI is InChI=1S/C18H21N7O2S/c1-8-6-21-12(9(2)15(8)27-3)7-25-22-11-5-4-10-13(11)14(23-25)17(19)24-28-16(10)18(20)26/h6,16H,4-5,7H2,1-3H3,(H2,19,24)(H2,20,26). The van der Waals surface area contributed by atoms with Crippen molar-refractivity contribution in [1.82, 2.24) is 10.1 Å². The lowest BCUT2D eigenvalue weighted by molar-refractivity contribution is -0.116. The molecule has 1 atom stereocenters. The summed E-state index contributed by atoms with van der Waals surface area (Å²) in [6, 6.07) is 0. The summed E-state index contributed by atoms with van der Waals surface area (Å²) in [6.45, 7) is 4.29. The van der Waals surface area contributed by atoms with Gasteiger partial charge in [-0.05, 0) is 44.2 Å². The van der Waals surface area contributed by atoms with Crippen molar-refractivity contribution in [2.45, 2.75) is 38.5 Å². The molecule has 4 rings (SSSR count). The van der Waals surface area contributed by atoms with Crippen LogP contribution in [0.1, 0.15) is 29.7 Å². The molecule has 0 fully saturated rings. The van der Waals surface area contributed by atoms with Crippen molar-refractivity contribution in [2.24, 2.45) is 26.1 Å². The van der Waals surface area contributed by atoms with Gasteiger partial charge in [0.05, 0.1) is 18.5 Å². The third-order valence-electron chi connectivity index (χ3n) is 5.04. The molecule has 2 aliphatic heterocycles. The van der Waals surface area contributed by atoms with Crippen molar-refractivity contribution in [1.29, 1.82) is 0 Å². The van der Waals surface area contributed by atoms with Crippen LogP contribution in [-0.4, -0.2) is 45.6 Å². The fourth-order valence-corrected chi connectivity index (χ4v) is 4.49. The molecule has 0 radical (unpaired) electrons. The molecule has 1 aromatic heterocycles. The Morgan fingerprint density at radius 2 is 2.14 bits per heavy atom. The highest BCUT2D eigenvalue weighted by Gasteiger charge is 2.39. The summed E-state index contributed by atoms with van der Waals surface area (Å²) in [5.41, 5.74) is 17.6. The van der Waals surface area contributed by atoms with Crippen molar-refractivity contribution in [3.8, 4) is 5.75 Å². The van der Waals surface area contributed by atoms with Crippen LogP contribution < -0.4 is 16.2 Å². The topological polar surface area (TPSA) is 132 Å². The van der Waals surface area contributed by atoms with Crippen LogP contribution in [0.4, 0.5) is 0 Å². The second kappa shape index (κ2) is 6.93. The smallest absolute Gasteiger partial charge is 0.236 e. The molecule has 1 aliphatic carbocycles. The Balaban J connectivity index is 1.73. The number of nitrogens with zero attached hydrogens (tertiary/aromatic N) is 5. The lowest BCUT2D eigenvalue weighted by Gasteiger charge is -2.23. The summed E-state index contributed by atoms with van der Waals surface area (Å²) >= 11 is 1.09. The number of rotatable bonds is 4. The fraction of sp³-hybridized carbons (Fsp3) is 0.389. The molecule has 1 aromatic rings. The van der Waals surface area contributed by atoms with Gasteiger partial charge in [0.2, 0.25) is 5.91 Å². The first-order valence-corrected chi connectivity index (χ1v) is 9.69. The number of aromatic nitrogens is 1. The fourth-order valence-electron chi connectivity index (χ4n) is 3.72. The van der Waals surface area contributed by atoms with E-state index in [0.29, 0.717) is 25.1 Å². The first-order valence-electron chi connectivity index (χ1n) is 8.86. The van der Waals surface area contributed by atoms with Crippen LogP contribution in [0.25, 0.3) is 0 Å². The van der Waals surface area contributed by atoms with Gasteiger partial charge in [-0.3, -0.25) is 9.78 Å². The minimum atomic E-state index is -0.536. The van der Waals surface area contributed by atoms with E-state index in [1.54, 1.807) is 18.4 Å². The first-order chi connectivity index (χ1) is 13.4. The van der Waals surface area contributed by atoms with Gasteiger partial charge in [-0.2, -0.15) is 19.7 Å². The Hall–Kier alpha value is -2.88. The largest absolute Gasteiger partial charge is 0.496 e. The minimum Gasteiger partial charge on any atom is -0.496 e. The van der Waals surface area contributed by atoms with Gasteiger partial charge in [-0.25, -0.2) is 0 Å². The molecule has 0 aromatic carbocycles. The zero-order chi connectivity index (χ0) is 20.0. The summed E-state index contributed by atoms with van der Waals surface area (Å²) in [7, 11) is 1.65. The van der Waals surface area contributed by atoms with Gasteiger partial charge in [0.1, 0.15) is 23.3 Å². The predicted molar refractivity (Wildman–Crippen MR) is 109 cm³/mol. The number of primary amides is 1. The highest BCUT2D eigenvalue weighted by atomic mass is 32.2. The van der Waals surface area contributed by atoms with Gasteiger partial charge in [0.15, 0.2) is 5.84 Å². The van der Waals surface area contributed by atoms with E-state index in [9.17, 15) is 4.79 Å². The summed E-state index contributed by atoms with van der Waals surface area (Å²) in [5.74, 6) is 0.648. The number of ether oxygens (including phenoxy) is 1. The predicted octanol–water partition coefficient (Wildman–Crippen LogP) is 1.20. The van der Waals surface area contributed by atoms with Gasteiger partial charge in [0.25, 0.3) is 0 Å². The maximum absolute atomic E-state index is 11.9. The summed E-state index contributed by atoms with van der Waals surface area (Å²) in [4.78, 5) is 16.4. The maximum Gasteiger partial charge on any atom is 0.236 e. The number of carbonyl (C=O) groups is 1. The van der Waals surface area contributed by atoms with Crippen LogP contribution in [0.3, 0.4) is 0 Å². The highest BCUT2D eigenvalue weighted by Crippen LogP contribution is 2.38. The normalized spacial score (nSPS) is 20.9. The number of amidine groups is 1. The van der Waals surface area contributed by atoms with E-state index in [4.69, 9.17) is 16.2 Å². The summed E-state index contributed by atoms with van der Waals surface area (Å²) in [5, 5.41) is 10.3. The Bertz CT molecular complexity index is 996. The summed E-state index contributed by atoms with van der Waals surface area (Å²) < 4.78 is 9.73. The minimum absolute atomic E-state index is 0.270. The number of methoxy groups -OCH3 is 1. The van der Waals surface area contributed by atoms with Gasteiger partial charge in [-0.1, -0.05) is 0 Å². The van der Waals surface area contributed by atoms with Crippen LogP contribution in [0, 0.1) is 13.8 Å². The number of nitrogens with two attached hydrogens (primary N) is 2. The van der Waals surface area contributed by atoms with E-state index in [-0.39, 0.29) is 5.84 Å². The van der Waals surface area contributed by atoms with Crippen molar-refractivity contribution < 1.29 is 9.53 Å². The molecule has 1 amide bonds. The average molecular weight is 399 g/mol. The Labute approximate surface area is 166 Å². The van der Waals surface area contributed by atoms with E-state index >= 15 is 0 Å². The van der Waals surface area contributed by atoms with Gasteiger partial charge in [0, 0.05) is 22.9 Å². The maximum atomic E-state index is 11.9. The third-order valence-corrected chi connectivity index (χ3v) is 6.07. The van der Waals surface area contributed by atoms with Crippen molar-refractivity contribution >= 4 is 35.1 Å². The Morgan fingerprint density at radius 1 is 1.36 bits per heavy atom. The quantitative estimate of drug-likeness (QED) is 0.731. The van der Waals surface area contributed by atoms with E-state index in [1.165, 1.54) is 0 Å². The molecular formula is C18H21N7O2S. The number of carbonyl (C=O) groups excluding carboxylic acids is 1. The number of hydrogen-bond donors (Lipinski definition) is 2. The average Bonchev–Trinajstić information content (AvgIpc) is 3.01. The molecule has 28 heavy (non-hydrogen) atoms. The monoisotopic (exact) mass is 399 g/mol. The number of hydrogen-bond acceptors (Lipinski definition) is 9. The van der Waals surface area contributed by atoms with E-state index in [0.717, 1.165) is 51.4 Å². The highest BCUT2D eigenvalue weighted by molar-refractivity contribution is 7.99. The molecule has 0 spiro atoms. The molecule has 3 aliphatic rings. The van der Waals surface area contributed by atoms with Gasteiger partial charge >= 0.3 is 0 Å². The van der Waals surface area contributed by atoms with Gasteiger partial charge < -0.3 is 16.2 Å². The van der Waals surface area contributed by atoms with Crippen LogP contribution in [-0.2, 0) is 11.3 Å². The van der Waals surface area contributed by atoms with Crippen molar-refractivity contribution in [3.63, 3.8) is 0 Å². The second-order valence-electron chi connectivity index (χ2n) is 6.84. The van der Waals surface area contributed by atoms with Crippen LogP contribution in [0.15, 0.2) is 31.9 Å². The molecule has 0 saturated carbocycles. The number of hydrazone groups is 2. The zero-order valence-electron chi connectivity index (χ0n) is 15.9. The number of pyridine rings is 1. The Kier molecular flexibility index (Phi) is 4.58. The Morgan fingerprint density at radius 3 is 2.86 bits per heavy atom. The second-order valence-corrected chi connectivity index (χ2v) is 7.70. The molecule has 9 nitrogen and oxygen atoms in total. The van der Waals surface area contributed by atoms with Crippen molar-refractivity contribution in [3.05, 3.63) is 34.2 Å². The molecule has 146 valence electrons. The number of amides is 1. The molecule has 3 heterocycles. The molecule has 10 heteroatoms. The lowest BCUT2D eigenvalue weighted by Crippen LogP contribution is -2.34.